The van der Waals surface area contributed by atoms with Gasteiger partial charge in [-0.2, -0.15) is 0 Å². The summed E-state index contributed by atoms with van der Waals surface area (Å²) in [5.41, 5.74) is 13.8. The smallest absolute Gasteiger partial charge is 0.160 e. The lowest BCUT2D eigenvalue weighted by molar-refractivity contribution is 0.899. The van der Waals surface area contributed by atoms with E-state index in [9.17, 15) is 0 Å². The summed E-state index contributed by atoms with van der Waals surface area (Å²) in [5.74, 6) is 0.675. The van der Waals surface area contributed by atoms with E-state index in [0.29, 0.717) is 12.4 Å². The van der Waals surface area contributed by atoms with Gasteiger partial charge in [-0.1, -0.05) is 140 Å². The van der Waals surface area contributed by atoms with Gasteiger partial charge in [0.25, 0.3) is 0 Å². The highest BCUT2D eigenvalue weighted by molar-refractivity contribution is 6.25. The summed E-state index contributed by atoms with van der Waals surface area (Å²) >= 11 is 0. The molecule has 0 radical (unpaired) electrons. The van der Waals surface area contributed by atoms with Crippen molar-refractivity contribution in [3.8, 4) is 28.2 Å². The predicted octanol–water partition coefficient (Wildman–Crippen LogP) is 11.9. The Labute approximate surface area is 308 Å². The average molecular weight is 681 g/mol. The van der Waals surface area contributed by atoms with Crippen LogP contribution in [0.15, 0.2) is 176 Å². The third-order valence-electron chi connectivity index (χ3n) is 10.7. The van der Waals surface area contributed by atoms with Crippen LogP contribution in [0, 0.1) is 0 Å². The molecule has 0 amide bonds. The Hall–Kier alpha value is -6.78. The molecular weight excluding hydrogens is 645 g/mol. The van der Waals surface area contributed by atoms with E-state index in [0.717, 1.165) is 40.9 Å². The monoisotopic (exact) mass is 680 g/mol. The van der Waals surface area contributed by atoms with Crippen LogP contribution in [-0.4, -0.2) is 19.1 Å². The van der Waals surface area contributed by atoms with E-state index in [1.54, 1.807) is 0 Å². The van der Waals surface area contributed by atoms with Gasteiger partial charge >= 0.3 is 0 Å². The number of nitrogens with zero attached hydrogens (tertiary/aromatic N) is 4. The van der Waals surface area contributed by atoms with Crippen molar-refractivity contribution < 1.29 is 0 Å². The Morgan fingerprint density at radius 2 is 1.25 bits per heavy atom. The topological polar surface area (TPSA) is 35.6 Å². The van der Waals surface area contributed by atoms with Crippen molar-refractivity contribution >= 4 is 49.2 Å². The highest BCUT2D eigenvalue weighted by Gasteiger charge is 2.26. The van der Waals surface area contributed by atoms with Crippen LogP contribution >= 0.6 is 0 Å². The molecule has 0 saturated carbocycles. The van der Waals surface area contributed by atoms with Crippen LogP contribution < -0.4 is 0 Å². The van der Waals surface area contributed by atoms with Crippen molar-refractivity contribution in [2.24, 2.45) is 0 Å². The van der Waals surface area contributed by atoms with Crippen LogP contribution in [0.2, 0.25) is 0 Å². The van der Waals surface area contributed by atoms with E-state index in [2.05, 4.69) is 161 Å². The number of benzene rings is 6. The van der Waals surface area contributed by atoms with Gasteiger partial charge in [-0.3, -0.25) is 0 Å². The molecule has 0 atom stereocenters. The summed E-state index contributed by atoms with van der Waals surface area (Å²) in [4.78, 5) is 10.4. The lowest BCUT2D eigenvalue weighted by atomic mass is 9.90. The van der Waals surface area contributed by atoms with Gasteiger partial charge in [0.2, 0.25) is 0 Å². The number of aryl methyl sites for hydroxylation is 2. The molecule has 10 rings (SSSR count). The second-order valence-corrected chi connectivity index (χ2v) is 13.7. The number of fused-ring (bicyclic) bond motifs is 4. The number of hydrogen-bond donors (Lipinski definition) is 0. The lowest BCUT2D eigenvalue weighted by Crippen LogP contribution is -2.03. The molecule has 3 aromatic heterocycles. The number of rotatable bonds is 8. The van der Waals surface area contributed by atoms with Crippen LogP contribution in [0.3, 0.4) is 0 Å². The first-order chi connectivity index (χ1) is 26.3. The zero-order valence-electron chi connectivity index (χ0n) is 29.3. The first-order valence-electron chi connectivity index (χ1n) is 18.3. The third-order valence-corrected chi connectivity index (χ3v) is 10.7. The summed E-state index contributed by atoms with van der Waals surface area (Å²) in [6.45, 7) is 4.62. The highest BCUT2D eigenvalue weighted by atomic mass is 15.0. The molecule has 9 aromatic rings. The summed E-state index contributed by atoms with van der Waals surface area (Å²) in [7, 11) is 0. The first kappa shape index (κ1) is 31.0. The summed E-state index contributed by atoms with van der Waals surface area (Å²) in [6, 6.07) is 51.8. The van der Waals surface area contributed by atoms with Crippen molar-refractivity contribution in [3.05, 3.63) is 193 Å². The quantitative estimate of drug-likeness (QED) is 0.150. The fraction of sp³-hybridized carbons (Fsp3) is 0.0612. The average Bonchev–Trinajstić information content (AvgIpc) is 3.74. The molecule has 0 saturated heterocycles. The van der Waals surface area contributed by atoms with Crippen LogP contribution in [-0.2, 0) is 19.4 Å². The molecule has 4 nitrogen and oxygen atoms in total. The van der Waals surface area contributed by atoms with Crippen LogP contribution in [0.5, 0.6) is 0 Å². The van der Waals surface area contributed by atoms with Gasteiger partial charge in [-0.25, -0.2) is 9.97 Å². The lowest BCUT2D eigenvalue weighted by Gasteiger charge is -2.15. The van der Waals surface area contributed by atoms with E-state index < -0.39 is 0 Å². The second-order valence-electron chi connectivity index (χ2n) is 13.7. The number of hydrogen-bond acceptors (Lipinski definition) is 2. The van der Waals surface area contributed by atoms with Gasteiger partial charge in [0.05, 0.1) is 27.9 Å². The molecule has 252 valence electrons. The van der Waals surface area contributed by atoms with Crippen LogP contribution in [0.25, 0.3) is 77.4 Å². The largest absolute Gasteiger partial charge is 0.335 e. The van der Waals surface area contributed by atoms with Gasteiger partial charge in [0, 0.05) is 56.0 Å². The molecule has 0 spiro atoms. The normalized spacial score (nSPS) is 12.9. The molecule has 1 aliphatic rings. The molecule has 1 aliphatic carbocycles. The minimum Gasteiger partial charge on any atom is -0.335 e. The van der Waals surface area contributed by atoms with Gasteiger partial charge in [0.1, 0.15) is 0 Å². The maximum Gasteiger partial charge on any atom is 0.160 e. The van der Waals surface area contributed by atoms with E-state index in [4.69, 9.17) is 9.97 Å². The summed E-state index contributed by atoms with van der Waals surface area (Å²) in [6.07, 6.45) is 10.2. The number of allylic oxidation sites excluding steroid dienone is 5. The zero-order valence-corrected chi connectivity index (χ0v) is 29.3. The Bertz CT molecular complexity index is 2850. The molecule has 4 heteroatoms. The Morgan fingerprint density at radius 3 is 1.96 bits per heavy atom. The van der Waals surface area contributed by atoms with E-state index in [1.165, 1.54) is 60.4 Å². The molecule has 0 aliphatic heterocycles. The standard InChI is InChI=1S/C49H36N4/c1-2-3-16-36(49-50-41(33-17-7-4-8-18-33)32-42(51-49)34-19-9-5-10-20-34)29-30-52-43-25-14-13-24-39(43)40-31-37-28-27-35-21-15-26-44-45(35)46(37)48(47(40)52)53(44)38-22-11-6-12-23-38/h2-26,29,31-32H,1,27-28,30H2/b16-3-,36-29+. The van der Waals surface area contributed by atoms with Crippen LogP contribution in [0.4, 0.5) is 0 Å². The van der Waals surface area contributed by atoms with Crippen LogP contribution in [0.1, 0.15) is 17.0 Å². The SMILES string of the molecule is C=C/C=C\C(=C/Cn1c2ccccc2c2cc3c4c5c(cccc5n(-c5ccccc5)c4c21)CC3)c1nc(-c2ccccc2)cc(-c2ccccc2)n1. The molecule has 0 N–H and O–H groups in total. The highest BCUT2D eigenvalue weighted by Crippen LogP contribution is 2.45. The Kier molecular flexibility index (Phi) is 7.47. The fourth-order valence-corrected chi connectivity index (χ4v) is 8.32. The van der Waals surface area contributed by atoms with Crippen molar-refractivity contribution in [3.63, 3.8) is 0 Å². The van der Waals surface area contributed by atoms with Crippen molar-refractivity contribution in [1.29, 1.82) is 0 Å². The minimum absolute atomic E-state index is 0.623. The van der Waals surface area contributed by atoms with Gasteiger partial charge in [-0.05, 0) is 60.4 Å². The van der Waals surface area contributed by atoms with E-state index >= 15 is 0 Å². The maximum absolute atomic E-state index is 5.19. The van der Waals surface area contributed by atoms with Gasteiger partial charge in [0.15, 0.2) is 5.82 Å². The fourth-order valence-electron chi connectivity index (χ4n) is 8.32. The Morgan fingerprint density at radius 1 is 0.604 bits per heavy atom. The summed E-state index contributed by atoms with van der Waals surface area (Å²) in [5, 5.41) is 5.32. The van der Waals surface area contributed by atoms with Crippen molar-refractivity contribution in [1.82, 2.24) is 19.1 Å². The maximum atomic E-state index is 5.19. The second kappa shape index (κ2) is 12.8. The number of aromatic nitrogens is 4. The summed E-state index contributed by atoms with van der Waals surface area (Å²) < 4.78 is 5.00. The zero-order chi connectivity index (χ0) is 35.3. The van der Waals surface area contributed by atoms with E-state index in [1.807, 2.05) is 24.3 Å². The van der Waals surface area contributed by atoms with Crippen molar-refractivity contribution in [2.45, 2.75) is 19.4 Å². The van der Waals surface area contributed by atoms with Gasteiger partial charge in [-0.15, -0.1) is 0 Å². The minimum atomic E-state index is 0.623. The molecule has 0 fully saturated rings. The number of para-hydroxylation sites is 2. The molecule has 0 bridgehead atoms. The van der Waals surface area contributed by atoms with E-state index in [-0.39, 0.29) is 0 Å². The third kappa shape index (κ3) is 5.14. The molecule has 53 heavy (non-hydrogen) atoms. The first-order valence-corrected chi connectivity index (χ1v) is 18.3. The van der Waals surface area contributed by atoms with Gasteiger partial charge < -0.3 is 9.13 Å². The molecule has 0 unspecified atom stereocenters. The molecule has 3 heterocycles. The Balaban J connectivity index is 1.24. The predicted molar refractivity (Wildman–Crippen MR) is 221 cm³/mol. The molecule has 6 aromatic carbocycles. The van der Waals surface area contributed by atoms with Crippen molar-refractivity contribution in [2.75, 3.05) is 0 Å². The molecular formula is C49H36N4.